The first kappa shape index (κ1) is 16.0. The molecule has 0 radical (unpaired) electrons. The molecule has 1 unspecified atom stereocenters. The van der Waals surface area contributed by atoms with Crippen LogP contribution in [0.5, 0.6) is 0 Å². The van der Waals surface area contributed by atoms with E-state index in [1.807, 2.05) is 0 Å². The molecule has 0 bridgehead atoms. The quantitative estimate of drug-likeness (QED) is 0.671. The van der Waals surface area contributed by atoms with Gasteiger partial charge in [0.25, 0.3) is 11.6 Å². The lowest BCUT2D eigenvalue weighted by Gasteiger charge is -2.34. The predicted octanol–water partition coefficient (Wildman–Crippen LogP) is 1.73. The summed E-state index contributed by atoms with van der Waals surface area (Å²) in [5.41, 5.74) is -0.377. The molecule has 1 N–H and O–H groups in total. The van der Waals surface area contributed by atoms with Crippen LogP contribution >= 0.6 is 23.2 Å². The van der Waals surface area contributed by atoms with Gasteiger partial charge >= 0.3 is 0 Å². The number of morpholine rings is 1. The third-order valence-corrected chi connectivity index (χ3v) is 3.94. The largest absolute Gasteiger partial charge is 0.394 e. The third kappa shape index (κ3) is 3.26. The number of nitro benzene ring substituents is 1. The molecule has 0 saturated carbocycles. The average molecular weight is 335 g/mol. The van der Waals surface area contributed by atoms with Crippen LogP contribution in [0.25, 0.3) is 0 Å². The number of halogens is 2. The molecule has 1 saturated heterocycles. The summed E-state index contributed by atoms with van der Waals surface area (Å²) in [4.78, 5) is 24.1. The van der Waals surface area contributed by atoms with Crippen LogP contribution < -0.4 is 0 Å². The molecule has 1 fully saturated rings. The van der Waals surface area contributed by atoms with Gasteiger partial charge in [0, 0.05) is 18.2 Å². The fraction of sp³-hybridized carbons (Fsp3) is 0.417. The van der Waals surface area contributed by atoms with Gasteiger partial charge in [-0.15, -0.1) is 0 Å². The Morgan fingerprint density at radius 1 is 1.52 bits per heavy atom. The zero-order valence-corrected chi connectivity index (χ0v) is 12.3. The Kier molecular flexibility index (Phi) is 5.00. The molecule has 9 heteroatoms. The first-order valence-corrected chi connectivity index (χ1v) is 6.84. The fourth-order valence-electron chi connectivity index (χ4n) is 2.07. The van der Waals surface area contributed by atoms with Crippen LogP contribution in [-0.4, -0.2) is 53.2 Å². The van der Waals surface area contributed by atoms with Crippen molar-refractivity contribution in [2.24, 2.45) is 0 Å². The molecule has 1 aromatic carbocycles. The number of carbonyl (C=O) groups excluding carboxylic acids is 1. The number of nitrogens with zero attached hydrogens (tertiary/aromatic N) is 2. The van der Waals surface area contributed by atoms with E-state index in [0.717, 1.165) is 6.07 Å². The Balaban J connectivity index is 2.36. The summed E-state index contributed by atoms with van der Waals surface area (Å²) in [7, 11) is 0. The predicted molar refractivity (Wildman–Crippen MR) is 75.8 cm³/mol. The smallest absolute Gasteiger partial charge is 0.290 e. The lowest BCUT2D eigenvalue weighted by molar-refractivity contribution is -0.384. The number of ether oxygens (including phenoxy) is 1. The van der Waals surface area contributed by atoms with Crippen molar-refractivity contribution in [2.75, 3.05) is 26.4 Å². The second-order valence-electron chi connectivity index (χ2n) is 4.46. The maximum atomic E-state index is 12.4. The van der Waals surface area contributed by atoms with Crippen LogP contribution in [0, 0.1) is 10.1 Å². The second-order valence-corrected chi connectivity index (χ2v) is 5.24. The summed E-state index contributed by atoms with van der Waals surface area (Å²) in [5.74, 6) is -0.459. The maximum absolute atomic E-state index is 12.4. The fourth-order valence-corrected chi connectivity index (χ4v) is 2.46. The summed E-state index contributed by atoms with van der Waals surface area (Å²) in [6, 6.07) is 1.88. The SMILES string of the molecule is O=C(c1cc(Cl)c(Cl)c([N+](=O)[O-])c1)N1CCOCC1CO. The molecular formula is C12H12Cl2N2O5. The molecule has 1 atom stereocenters. The second kappa shape index (κ2) is 6.57. The number of nitro groups is 1. The molecule has 1 aromatic rings. The van der Waals surface area contributed by atoms with Crippen molar-refractivity contribution in [2.45, 2.75) is 6.04 Å². The first-order chi connectivity index (χ1) is 9.95. The lowest BCUT2D eigenvalue weighted by Crippen LogP contribution is -2.50. The molecule has 1 amide bonds. The highest BCUT2D eigenvalue weighted by Crippen LogP contribution is 2.33. The van der Waals surface area contributed by atoms with Crippen molar-refractivity contribution in [3.8, 4) is 0 Å². The number of carbonyl (C=O) groups is 1. The van der Waals surface area contributed by atoms with Crippen LogP contribution in [-0.2, 0) is 4.74 Å². The highest BCUT2D eigenvalue weighted by molar-refractivity contribution is 6.43. The van der Waals surface area contributed by atoms with E-state index in [4.69, 9.17) is 27.9 Å². The number of hydrogen-bond acceptors (Lipinski definition) is 5. The van der Waals surface area contributed by atoms with Crippen LogP contribution in [0.1, 0.15) is 10.4 Å². The van der Waals surface area contributed by atoms with E-state index in [9.17, 15) is 20.0 Å². The Morgan fingerprint density at radius 3 is 2.86 bits per heavy atom. The molecular weight excluding hydrogens is 323 g/mol. The van der Waals surface area contributed by atoms with Gasteiger partial charge in [-0.3, -0.25) is 14.9 Å². The van der Waals surface area contributed by atoms with Crippen molar-refractivity contribution in [3.63, 3.8) is 0 Å². The van der Waals surface area contributed by atoms with Crippen molar-refractivity contribution in [1.82, 2.24) is 4.90 Å². The van der Waals surface area contributed by atoms with Crippen molar-refractivity contribution in [3.05, 3.63) is 37.9 Å². The maximum Gasteiger partial charge on any atom is 0.290 e. The van der Waals surface area contributed by atoms with Crippen molar-refractivity contribution < 1.29 is 19.6 Å². The van der Waals surface area contributed by atoms with E-state index in [0.29, 0.717) is 6.61 Å². The first-order valence-electron chi connectivity index (χ1n) is 6.08. The van der Waals surface area contributed by atoms with Gasteiger partial charge in [0.1, 0.15) is 5.02 Å². The Labute approximate surface area is 130 Å². The number of amides is 1. The highest BCUT2D eigenvalue weighted by Gasteiger charge is 2.29. The van der Waals surface area contributed by atoms with Gasteiger partial charge in [-0.25, -0.2) is 0 Å². The topological polar surface area (TPSA) is 92.9 Å². The number of benzene rings is 1. The molecule has 0 spiro atoms. The summed E-state index contributed by atoms with van der Waals surface area (Å²) >= 11 is 11.6. The van der Waals surface area contributed by atoms with Gasteiger partial charge in [-0.05, 0) is 6.07 Å². The summed E-state index contributed by atoms with van der Waals surface area (Å²) in [6.07, 6.45) is 0. The Morgan fingerprint density at radius 2 is 2.24 bits per heavy atom. The summed E-state index contributed by atoms with van der Waals surface area (Å²) < 4.78 is 5.18. The standard InChI is InChI=1S/C12H12Cl2N2O5/c13-9-3-7(4-10(11(9)14)16(19)20)12(18)15-1-2-21-6-8(15)5-17/h3-4,8,17H,1-2,5-6H2. The van der Waals surface area contributed by atoms with E-state index in [2.05, 4.69) is 0 Å². The van der Waals surface area contributed by atoms with Gasteiger partial charge in [-0.2, -0.15) is 0 Å². The minimum atomic E-state index is -0.701. The number of hydrogen-bond donors (Lipinski definition) is 1. The highest BCUT2D eigenvalue weighted by atomic mass is 35.5. The molecule has 114 valence electrons. The molecule has 1 aliphatic rings. The number of aliphatic hydroxyl groups is 1. The lowest BCUT2D eigenvalue weighted by atomic mass is 10.1. The molecule has 0 aromatic heterocycles. The minimum Gasteiger partial charge on any atom is -0.394 e. The number of rotatable bonds is 3. The van der Waals surface area contributed by atoms with Gasteiger partial charge in [0.15, 0.2) is 0 Å². The Bertz CT molecular complexity index is 581. The van der Waals surface area contributed by atoms with Crippen LogP contribution in [0.3, 0.4) is 0 Å². The van der Waals surface area contributed by atoms with E-state index in [1.54, 1.807) is 0 Å². The van der Waals surface area contributed by atoms with Gasteiger partial charge in [0.05, 0.1) is 35.8 Å². The molecule has 0 aliphatic carbocycles. The summed E-state index contributed by atoms with van der Waals surface area (Å²) in [5, 5.41) is 19.9. The van der Waals surface area contributed by atoms with Gasteiger partial charge in [0.2, 0.25) is 0 Å². The average Bonchev–Trinajstić information content (AvgIpc) is 2.48. The van der Waals surface area contributed by atoms with E-state index in [1.165, 1.54) is 11.0 Å². The van der Waals surface area contributed by atoms with E-state index >= 15 is 0 Å². The minimum absolute atomic E-state index is 0.0523. The van der Waals surface area contributed by atoms with Crippen LogP contribution in [0.15, 0.2) is 12.1 Å². The number of aliphatic hydroxyl groups excluding tert-OH is 1. The molecule has 2 rings (SSSR count). The zero-order valence-electron chi connectivity index (χ0n) is 10.8. The Hall–Kier alpha value is -1.41. The van der Waals surface area contributed by atoms with Gasteiger partial charge < -0.3 is 14.7 Å². The normalized spacial score (nSPS) is 18.6. The van der Waals surface area contributed by atoms with Crippen molar-refractivity contribution in [1.29, 1.82) is 0 Å². The summed E-state index contributed by atoms with van der Waals surface area (Å²) in [6.45, 7) is 0.588. The van der Waals surface area contributed by atoms with E-state index in [-0.39, 0.29) is 35.4 Å². The molecule has 1 aliphatic heterocycles. The van der Waals surface area contributed by atoms with E-state index < -0.39 is 22.6 Å². The molecule has 1 heterocycles. The molecule has 7 nitrogen and oxygen atoms in total. The monoisotopic (exact) mass is 334 g/mol. The van der Waals surface area contributed by atoms with Crippen LogP contribution in [0.4, 0.5) is 5.69 Å². The molecule has 21 heavy (non-hydrogen) atoms. The van der Waals surface area contributed by atoms with Gasteiger partial charge in [-0.1, -0.05) is 23.2 Å². The zero-order chi connectivity index (χ0) is 15.6. The van der Waals surface area contributed by atoms with Crippen molar-refractivity contribution >= 4 is 34.8 Å². The third-order valence-electron chi connectivity index (χ3n) is 3.15. The van der Waals surface area contributed by atoms with Crippen LogP contribution in [0.2, 0.25) is 10.0 Å².